The Morgan fingerprint density at radius 1 is 0.762 bits per heavy atom. The van der Waals surface area contributed by atoms with Crippen molar-refractivity contribution in [2.75, 3.05) is 0 Å². The first-order chi connectivity index (χ1) is 10.4. The second-order valence-corrected chi connectivity index (χ2v) is 6.51. The Balaban J connectivity index is 1.72. The van der Waals surface area contributed by atoms with Crippen molar-refractivity contribution in [3.05, 3.63) is 71.8 Å². The molecule has 2 fully saturated rings. The van der Waals surface area contributed by atoms with Gasteiger partial charge < -0.3 is 0 Å². The molecule has 0 aromatic heterocycles. The molecule has 106 valence electrons. The van der Waals surface area contributed by atoms with Gasteiger partial charge in [-0.25, -0.2) is 0 Å². The monoisotopic (exact) mass is 274 g/mol. The van der Waals surface area contributed by atoms with Crippen LogP contribution in [0.1, 0.15) is 36.8 Å². The molecule has 0 aliphatic heterocycles. The Morgan fingerprint density at radius 2 is 1.33 bits per heavy atom. The smallest absolute Gasteiger partial charge is 0.00934 e. The first-order valence-electron chi connectivity index (χ1n) is 8.25. The fourth-order valence-electron chi connectivity index (χ4n) is 4.19. The second-order valence-electron chi connectivity index (χ2n) is 6.51. The van der Waals surface area contributed by atoms with Gasteiger partial charge in [0.05, 0.1) is 0 Å². The molecular weight excluding hydrogens is 252 g/mol. The molecule has 2 aromatic carbocycles. The maximum Gasteiger partial charge on any atom is -0.00934 e. The van der Waals surface area contributed by atoms with E-state index in [4.69, 9.17) is 0 Å². The van der Waals surface area contributed by atoms with Gasteiger partial charge in [-0.1, -0.05) is 79.6 Å². The standard InChI is InChI=1S/C21H22/c1-3-9-16(10-4-1)15-20(17-11-5-2-6-12-17)21-18-13-7-8-14-19(18)21/h1-6,9-12,15,18-19,21H,7-8,13-14H2/b20-15+. The van der Waals surface area contributed by atoms with Gasteiger partial charge in [0.15, 0.2) is 0 Å². The third-order valence-electron chi connectivity index (χ3n) is 5.24. The summed E-state index contributed by atoms with van der Waals surface area (Å²) in [7, 11) is 0. The third-order valence-corrected chi connectivity index (χ3v) is 5.24. The lowest BCUT2D eigenvalue weighted by Crippen LogP contribution is -1.91. The summed E-state index contributed by atoms with van der Waals surface area (Å²) in [6.07, 6.45) is 8.18. The number of rotatable bonds is 3. The summed E-state index contributed by atoms with van der Waals surface area (Å²) in [5, 5.41) is 0. The Morgan fingerprint density at radius 3 is 1.95 bits per heavy atom. The van der Waals surface area contributed by atoms with E-state index in [0.29, 0.717) is 0 Å². The lowest BCUT2D eigenvalue weighted by atomic mass is 9.96. The topological polar surface area (TPSA) is 0 Å². The Bertz CT molecular complexity index is 612. The van der Waals surface area contributed by atoms with Gasteiger partial charge in [0.1, 0.15) is 0 Å². The first-order valence-corrected chi connectivity index (χ1v) is 8.25. The maximum atomic E-state index is 2.43. The largest absolute Gasteiger partial charge is 0.0622 e. The molecule has 21 heavy (non-hydrogen) atoms. The normalized spacial score (nSPS) is 28.0. The van der Waals surface area contributed by atoms with E-state index in [0.717, 1.165) is 17.8 Å². The van der Waals surface area contributed by atoms with E-state index in [2.05, 4.69) is 66.7 Å². The van der Waals surface area contributed by atoms with E-state index in [-0.39, 0.29) is 0 Å². The number of fused-ring (bicyclic) bond motifs is 1. The highest BCUT2D eigenvalue weighted by molar-refractivity contribution is 5.84. The predicted molar refractivity (Wildman–Crippen MR) is 89.7 cm³/mol. The molecule has 0 nitrogen and oxygen atoms in total. The molecule has 2 aromatic rings. The van der Waals surface area contributed by atoms with E-state index < -0.39 is 0 Å². The summed E-state index contributed by atoms with van der Waals surface area (Å²) in [5.74, 6) is 2.71. The number of hydrogen-bond donors (Lipinski definition) is 0. The molecule has 0 heteroatoms. The molecule has 0 saturated heterocycles. The molecule has 4 rings (SSSR count). The number of benzene rings is 2. The first kappa shape index (κ1) is 12.9. The van der Waals surface area contributed by atoms with Crippen molar-refractivity contribution in [3.63, 3.8) is 0 Å². The van der Waals surface area contributed by atoms with E-state index in [1.165, 1.54) is 36.8 Å². The average molecular weight is 274 g/mol. The van der Waals surface area contributed by atoms with Gasteiger partial charge >= 0.3 is 0 Å². The fraction of sp³-hybridized carbons (Fsp3) is 0.333. The zero-order valence-electron chi connectivity index (χ0n) is 12.4. The van der Waals surface area contributed by atoms with Crippen LogP contribution >= 0.6 is 0 Å². The number of allylic oxidation sites excluding steroid dienone is 1. The Kier molecular flexibility index (Phi) is 3.39. The van der Waals surface area contributed by atoms with Crippen LogP contribution in [-0.2, 0) is 0 Å². The highest BCUT2D eigenvalue weighted by Gasteiger charge is 2.52. The van der Waals surface area contributed by atoms with Crippen molar-refractivity contribution >= 4 is 11.6 Å². The van der Waals surface area contributed by atoms with Crippen molar-refractivity contribution in [2.45, 2.75) is 25.7 Å². The molecule has 2 unspecified atom stereocenters. The Labute approximate surface area is 127 Å². The molecular formula is C21H22. The highest BCUT2D eigenvalue weighted by Crippen LogP contribution is 2.61. The molecule has 0 spiro atoms. The van der Waals surface area contributed by atoms with E-state index in [1.54, 1.807) is 5.57 Å². The molecule has 2 aliphatic rings. The zero-order chi connectivity index (χ0) is 14.1. The molecule has 0 amide bonds. The maximum absolute atomic E-state index is 2.43. The predicted octanol–water partition coefficient (Wildman–Crippen LogP) is 5.66. The zero-order valence-corrected chi connectivity index (χ0v) is 12.4. The van der Waals surface area contributed by atoms with E-state index >= 15 is 0 Å². The Hall–Kier alpha value is -1.82. The van der Waals surface area contributed by atoms with Crippen LogP contribution in [0.3, 0.4) is 0 Å². The SMILES string of the molecule is C(=C(/c1ccccc1)C1C2CCCCC21)/c1ccccc1. The molecule has 2 aliphatic carbocycles. The van der Waals surface area contributed by atoms with Gasteiger partial charge in [-0.05, 0) is 47.3 Å². The van der Waals surface area contributed by atoms with Gasteiger partial charge in [-0.15, -0.1) is 0 Å². The minimum absolute atomic E-state index is 0.801. The van der Waals surface area contributed by atoms with Crippen LogP contribution in [0.5, 0.6) is 0 Å². The third kappa shape index (κ3) is 2.55. The summed E-state index contributed by atoms with van der Waals surface area (Å²) >= 11 is 0. The van der Waals surface area contributed by atoms with Crippen LogP contribution in [0.25, 0.3) is 11.6 Å². The van der Waals surface area contributed by atoms with Crippen LogP contribution in [0, 0.1) is 17.8 Å². The summed E-state index contributed by atoms with van der Waals surface area (Å²) in [4.78, 5) is 0. The summed E-state index contributed by atoms with van der Waals surface area (Å²) in [6.45, 7) is 0. The molecule has 0 radical (unpaired) electrons. The van der Waals surface area contributed by atoms with Crippen LogP contribution in [0.15, 0.2) is 60.7 Å². The minimum atomic E-state index is 0.801. The molecule has 2 atom stereocenters. The molecule has 0 heterocycles. The van der Waals surface area contributed by atoms with Crippen LogP contribution in [0.4, 0.5) is 0 Å². The van der Waals surface area contributed by atoms with Gasteiger partial charge in [0.2, 0.25) is 0 Å². The summed E-state index contributed by atoms with van der Waals surface area (Å²) in [5.41, 5.74) is 4.32. The number of hydrogen-bond acceptors (Lipinski definition) is 0. The van der Waals surface area contributed by atoms with E-state index in [1.807, 2.05) is 0 Å². The van der Waals surface area contributed by atoms with Crippen molar-refractivity contribution in [1.82, 2.24) is 0 Å². The van der Waals surface area contributed by atoms with Crippen LogP contribution < -0.4 is 0 Å². The quantitative estimate of drug-likeness (QED) is 0.633. The molecule has 0 N–H and O–H groups in total. The van der Waals surface area contributed by atoms with Gasteiger partial charge in [-0.2, -0.15) is 0 Å². The minimum Gasteiger partial charge on any atom is -0.0622 e. The lowest BCUT2D eigenvalue weighted by molar-refractivity contribution is 0.480. The van der Waals surface area contributed by atoms with Gasteiger partial charge in [0, 0.05) is 0 Å². The second kappa shape index (κ2) is 5.52. The van der Waals surface area contributed by atoms with Crippen molar-refractivity contribution in [2.24, 2.45) is 17.8 Å². The molecule has 2 saturated carbocycles. The fourth-order valence-corrected chi connectivity index (χ4v) is 4.19. The van der Waals surface area contributed by atoms with Gasteiger partial charge in [-0.3, -0.25) is 0 Å². The molecule has 0 bridgehead atoms. The lowest BCUT2D eigenvalue weighted by Gasteiger charge is -2.08. The van der Waals surface area contributed by atoms with Crippen LogP contribution in [-0.4, -0.2) is 0 Å². The average Bonchev–Trinajstić information content (AvgIpc) is 3.29. The van der Waals surface area contributed by atoms with Crippen molar-refractivity contribution in [3.8, 4) is 0 Å². The van der Waals surface area contributed by atoms with Crippen molar-refractivity contribution in [1.29, 1.82) is 0 Å². The highest BCUT2D eigenvalue weighted by atomic mass is 14.6. The van der Waals surface area contributed by atoms with E-state index in [9.17, 15) is 0 Å². The summed E-state index contributed by atoms with van der Waals surface area (Å²) in [6, 6.07) is 21.8. The summed E-state index contributed by atoms with van der Waals surface area (Å²) < 4.78 is 0. The van der Waals surface area contributed by atoms with Gasteiger partial charge in [0.25, 0.3) is 0 Å². The van der Waals surface area contributed by atoms with Crippen molar-refractivity contribution < 1.29 is 0 Å². The van der Waals surface area contributed by atoms with Crippen LogP contribution in [0.2, 0.25) is 0 Å².